The molecule has 0 fully saturated rings. The quantitative estimate of drug-likeness (QED) is 0.795. The molecule has 1 aromatic heterocycles. The SMILES string of the molecule is c1ccc(CNSc2ccccn2)cc1. The Kier molecular flexibility index (Phi) is 3.77. The van der Waals surface area contributed by atoms with Gasteiger partial charge in [0.05, 0.1) is 0 Å². The van der Waals surface area contributed by atoms with Crippen LogP contribution in [-0.2, 0) is 6.54 Å². The molecule has 0 bridgehead atoms. The zero-order valence-electron chi connectivity index (χ0n) is 8.26. The minimum atomic E-state index is 0.849. The average molecular weight is 216 g/mol. The zero-order valence-corrected chi connectivity index (χ0v) is 9.08. The van der Waals surface area contributed by atoms with Crippen molar-refractivity contribution >= 4 is 11.9 Å². The van der Waals surface area contributed by atoms with Crippen LogP contribution in [0, 0.1) is 0 Å². The summed E-state index contributed by atoms with van der Waals surface area (Å²) in [5.74, 6) is 0. The second-order valence-corrected chi connectivity index (χ2v) is 3.99. The summed E-state index contributed by atoms with van der Waals surface area (Å²) in [6.07, 6.45) is 1.80. The Hall–Kier alpha value is -1.32. The van der Waals surface area contributed by atoms with Gasteiger partial charge in [0.1, 0.15) is 5.03 Å². The lowest BCUT2D eigenvalue weighted by Gasteiger charge is -2.02. The average Bonchev–Trinajstić information content (AvgIpc) is 2.32. The van der Waals surface area contributed by atoms with Crippen molar-refractivity contribution in [2.45, 2.75) is 11.6 Å². The molecule has 1 aromatic carbocycles. The fraction of sp³-hybridized carbons (Fsp3) is 0.0833. The highest BCUT2D eigenvalue weighted by molar-refractivity contribution is 7.97. The Bertz CT molecular complexity index is 349. The molecule has 0 radical (unpaired) electrons. The summed E-state index contributed by atoms with van der Waals surface area (Å²) in [6, 6.07) is 16.2. The fourth-order valence-corrected chi connectivity index (χ4v) is 1.84. The van der Waals surface area contributed by atoms with E-state index in [0.29, 0.717) is 0 Å². The van der Waals surface area contributed by atoms with E-state index in [4.69, 9.17) is 0 Å². The van der Waals surface area contributed by atoms with Crippen molar-refractivity contribution in [2.24, 2.45) is 0 Å². The maximum absolute atomic E-state index is 4.21. The van der Waals surface area contributed by atoms with Crippen molar-refractivity contribution in [3.05, 3.63) is 60.3 Å². The maximum atomic E-state index is 4.21. The van der Waals surface area contributed by atoms with Crippen molar-refractivity contribution in [3.8, 4) is 0 Å². The minimum Gasteiger partial charge on any atom is -0.254 e. The molecule has 0 saturated heterocycles. The second kappa shape index (κ2) is 5.53. The molecule has 1 N–H and O–H groups in total. The first kappa shape index (κ1) is 10.2. The maximum Gasteiger partial charge on any atom is 0.111 e. The normalized spacial score (nSPS) is 10.1. The van der Waals surface area contributed by atoms with Gasteiger partial charge in [-0.15, -0.1) is 0 Å². The van der Waals surface area contributed by atoms with Crippen molar-refractivity contribution in [1.29, 1.82) is 0 Å². The monoisotopic (exact) mass is 216 g/mol. The van der Waals surface area contributed by atoms with Gasteiger partial charge in [0.25, 0.3) is 0 Å². The van der Waals surface area contributed by atoms with E-state index in [-0.39, 0.29) is 0 Å². The first-order valence-corrected chi connectivity index (χ1v) is 5.61. The van der Waals surface area contributed by atoms with Gasteiger partial charge >= 0.3 is 0 Å². The smallest absolute Gasteiger partial charge is 0.111 e. The first-order valence-electron chi connectivity index (χ1n) is 4.80. The Balaban J connectivity index is 1.81. The van der Waals surface area contributed by atoms with E-state index in [1.807, 2.05) is 36.4 Å². The molecule has 15 heavy (non-hydrogen) atoms. The van der Waals surface area contributed by atoms with Crippen molar-refractivity contribution in [1.82, 2.24) is 9.71 Å². The Labute approximate surface area is 93.9 Å². The number of aromatic nitrogens is 1. The van der Waals surface area contributed by atoms with Crippen molar-refractivity contribution in [2.75, 3.05) is 0 Å². The number of nitrogens with one attached hydrogen (secondary N) is 1. The highest BCUT2D eigenvalue weighted by Gasteiger charge is 1.93. The molecule has 0 unspecified atom stereocenters. The summed E-state index contributed by atoms with van der Waals surface area (Å²) in [6.45, 7) is 0.849. The van der Waals surface area contributed by atoms with Crippen LogP contribution in [0.3, 0.4) is 0 Å². The van der Waals surface area contributed by atoms with Crippen LogP contribution >= 0.6 is 11.9 Å². The predicted molar refractivity (Wildman–Crippen MR) is 63.4 cm³/mol. The van der Waals surface area contributed by atoms with Gasteiger partial charge in [0.2, 0.25) is 0 Å². The van der Waals surface area contributed by atoms with Crippen LogP contribution in [0.5, 0.6) is 0 Å². The van der Waals surface area contributed by atoms with Crippen molar-refractivity contribution in [3.63, 3.8) is 0 Å². The molecule has 0 aliphatic carbocycles. The Morgan fingerprint density at radius 1 is 1.00 bits per heavy atom. The lowest BCUT2D eigenvalue weighted by atomic mass is 10.2. The van der Waals surface area contributed by atoms with Crippen LogP contribution in [0.1, 0.15) is 5.56 Å². The van der Waals surface area contributed by atoms with E-state index in [9.17, 15) is 0 Å². The van der Waals surface area contributed by atoms with Gasteiger partial charge < -0.3 is 0 Å². The third-order valence-electron chi connectivity index (χ3n) is 1.93. The standard InChI is InChI=1S/C12H12N2S/c1-2-6-11(7-3-1)10-14-15-12-8-4-5-9-13-12/h1-9,14H,10H2. The summed E-state index contributed by atoms with van der Waals surface area (Å²) in [5, 5.41) is 0.994. The van der Waals surface area contributed by atoms with Gasteiger partial charge in [-0.3, -0.25) is 4.72 Å². The molecular weight excluding hydrogens is 204 g/mol. The first-order chi connectivity index (χ1) is 7.45. The van der Waals surface area contributed by atoms with Gasteiger partial charge in [-0.05, 0) is 29.6 Å². The number of benzene rings is 1. The van der Waals surface area contributed by atoms with Gasteiger partial charge in [-0.25, -0.2) is 4.98 Å². The Morgan fingerprint density at radius 3 is 2.53 bits per heavy atom. The molecule has 0 amide bonds. The van der Waals surface area contributed by atoms with Gasteiger partial charge in [-0.2, -0.15) is 0 Å². The third kappa shape index (κ3) is 3.38. The predicted octanol–water partition coefficient (Wildman–Crippen LogP) is 2.88. The molecule has 3 heteroatoms. The van der Waals surface area contributed by atoms with E-state index in [0.717, 1.165) is 11.6 Å². The molecule has 1 heterocycles. The highest BCUT2D eigenvalue weighted by Crippen LogP contribution is 2.10. The van der Waals surface area contributed by atoms with E-state index in [2.05, 4.69) is 21.8 Å². The molecule has 0 aliphatic rings. The van der Waals surface area contributed by atoms with E-state index < -0.39 is 0 Å². The molecule has 2 aromatic rings. The molecular formula is C12H12N2S. The molecule has 76 valence electrons. The summed E-state index contributed by atoms with van der Waals surface area (Å²) in [7, 11) is 0. The second-order valence-electron chi connectivity index (χ2n) is 3.08. The number of pyridine rings is 1. The topological polar surface area (TPSA) is 24.9 Å². The van der Waals surface area contributed by atoms with E-state index in [1.165, 1.54) is 5.56 Å². The number of rotatable bonds is 4. The minimum absolute atomic E-state index is 0.849. The highest BCUT2D eigenvalue weighted by atomic mass is 32.2. The van der Waals surface area contributed by atoms with Crippen LogP contribution in [0.2, 0.25) is 0 Å². The van der Waals surface area contributed by atoms with E-state index in [1.54, 1.807) is 18.1 Å². The lowest BCUT2D eigenvalue weighted by Crippen LogP contribution is -2.02. The molecule has 0 spiro atoms. The van der Waals surface area contributed by atoms with Crippen LogP contribution in [0.4, 0.5) is 0 Å². The van der Waals surface area contributed by atoms with Crippen molar-refractivity contribution < 1.29 is 0 Å². The van der Waals surface area contributed by atoms with Crippen LogP contribution < -0.4 is 4.72 Å². The zero-order chi connectivity index (χ0) is 10.3. The fourth-order valence-electron chi connectivity index (χ4n) is 1.20. The Morgan fingerprint density at radius 2 is 1.80 bits per heavy atom. The number of hydrogen-bond donors (Lipinski definition) is 1. The molecule has 0 saturated carbocycles. The van der Waals surface area contributed by atoms with Gasteiger partial charge in [-0.1, -0.05) is 36.4 Å². The molecule has 0 aliphatic heterocycles. The number of nitrogens with zero attached hydrogens (tertiary/aromatic N) is 1. The van der Waals surface area contributed by atoms with Crippen LogP contribution in [0.15, 0.2) is 59.8 Å². The van der Waals surface area contributed by atoms with Crippen LogP contribution in [-0.4, -0.2) is 4.98 Å². The van der Waals surface area contributed by atoms with Gasteiger partial charge in [0.15, 0.2) is 0 Å². The number of hydrogen-bond acceptors (Lipinski definition) is 3. The van der Waals surface area contributed by atoms with Crippen LogP contribution in [0.25, 0.3) is 0 Å². The summed E-state index contributed by atoms with van der Waals surface area (Å²) in [5.41, 5.74) is 1.28. The lowest BCUT2D eigenvalue weighted by molar-refractivity contribution is 0.966. The molecule has 0 atom stereocenters. The largest absolute Gasteiger partial charge is 0.254 e. The summed E-state index contributed by atoms with van der Waals surface area (Å²) >= 11 is 1.55. The van der Waals surface area contributed by atoms with E-state index >= 15 is 0 Å². The third-order valence-corrected chi connectivity index (χ3v) is 2.67. The van der Waals surface area contributed by atoms with Gasteiger partial charge in [0, 0.05) is 12.7 Å². The summed E-state index contributed by atoms with van der Waals surface area (Å²) in [4.78, 5) is 4.21. The summed E-state index contributed by atoms with van der Waals surface area (Å²) < 4.78 is 3.27. The molecule has 2 nitrogen and oxygen atoms in total. The molecule has 2 rings (SSSR count).